The molecular weight excluding hydrogens is 212 g/mol. The van der Waals surface area contributed by atoms with Crippen LogP contribution >= 0.6 is 15.9 Å². The topological polar surface area (TPSA) is 0 Å². The van der Waals surface area contributed by atoms with Crippen LogP contribution in [-0.2, 0) is 6.42 Å². The van der Waals surface area contributed by atoms with Gasteiger partial charge in [0.15, 0.2) is 0 Å². The fraction of sp³-hybridized carbons (Fsp3) is 0.455. The second-order valence-corrected chi connectivity index (χ2v) is 4.48. The van der Waals surface area contributed by atoms with Crippen molar-refractivity contribution in [1.29, 1.82) is 0 Å². The maximum Gasteiger partial charge on any atom is 0.0177 e. The summed E-state index contributed by atoms with van der Waals surface area (Å²) >= 11 is 3.47. The van der Waals surface area contributed by atoms with Crippen molar-refractivity contribution in [3.63, 3.8) is 0 Å². The first-order chi connectivity index (χ1) is 5.68. The molecule has 0 amide bonds. The Morgan fingerprint density at radius 2 is 2.08 bits per heavy atom. The molecule has 1 aromatic carbocycles. The standard InChI is InChI=1S/C11H15Br/c1-9(2)6-7-10-4-3-5-11(12)8-10/h3-5,8-9H,6-7H2,1-2H3. The minimum atomic E-state index is 0.795. The average Bonchev–Trinajstić information content (AvgIpc) is 2.01. The predicted molar refractivity (Wildman–Crippen MR) is 57.3 cm³/mol. The zero-order chi connectivity index (χ0) is 8.97. The summed E-state index contributed by atoms with van der Waals surface area (Å²) in [6.07, 6.45) is 2.47. The van der Waals surface area contributed by atoms with Crippen molar-refractivity contribution in [2.75, 3.05) is 0 Å². The van der Waals surface area contributed by atoms with Gasteiger partial charge >= 0.3 is 0 Å². The fourth-order valence-electron chi connectivity index (χ4n) is 1.15. The van der Waals surface area contributed by atoms with Crippen LogP contribution < -0.4 is 0 Å². The highest BCUT2D eigenvalue weighted by Crippen LogP contribution is 2.14. The van der Waals surface area contributed by atoms with E-state index in [9.17, 15) is 0 Å². The van der Waals surface area contributed by atoms with Crippen molar-refractivity contribution in [1.82, 2.24) is 0 Å². The maximum atomic E-state index is 3.47. The highest BCUT2D eigenvalue weighted by molar-refractivity contribution is 9.10. The molecule has 0 aliphatic rings. The summed E-state index contributed by atoms with van der Waals surface area (Å²) in [5.74, 6) is 0.795. The van der Waals surface area contributed by atoms with Crippen LogP contribution in [-0.4, -0.2) is 0 Å². The van der Waals surface area contributed by atoms with Crippen molar-refractivity contribution in [2.24, 2.45) is 5.92 Å². The Morgan fingerprint density at radius 3 is 2.67 bits per heavy atom. The summed E-state index contributed by atoms with van der Waals surface area (Å²) in [6.45, 7) is 4.52. The molecule has 66 valence electrons. The average molecular weight is 227 g/mol. The van der Waals surface area contributed by atoms with Crippen LogP contribution in [0.2, 0.25) is 0 Å². The van der Waals surface area contributed by atoms with Crippen LogP contribution in [0.4, 0.5) is 0 Å². The molecule has 12 heavy (non-hydrogen) atoms. The van der Waals surface area contributed by atoms with E-state index in [4.69, 9.17) is 0 Å². The molecule has 0 saturated carbocycles. The molecule has 0 atom stereocenters. The van der Waals surface area contributed by atoms with Gasteiger partial charge in [-0.1, -0.05) is 41.9 Å². The SMILES string of the molecule is CC(C)CCc1cccc(Br)c1. The molecule has 0 spiro atoms. The van der Waals surface area contributed by atoms with Gasteiger partial charge in [-0.15, -0.1) is 0 Å². The van der Waals surface area contributed by atoms with Crippen LogP contribution in [0.3, 0.4) is 0 Å². The minimum Gasteiger partial charge on any atom is -0.0628 e. The second kappa shape index (κ2) is 4.66. The lowest BCUT2D eigenvalue weighted by Gasteiger charge is -2.04. The largest absolute Gasteiger partial charge is 0.0628 e. The zero-order valence-electron chi connectivity index (χ0n) is 7.68. The van der Waals surface area contributed by atoms with Gasteiger partial charge in [0.05, 0.1) is 0 Å². The molecule has 1 aromatic rings. The molecule has 0 radical (unpaired) electrons. The Morgan fingerprint density at radius 1 is 1.33 bits per heavy atom. The van der Waals surface area contributed by atoms with Crippen LogP contribution in [0.25, 0.3) is 0 Å². The third-order valence-electron chi connectivity index (χ3n) is 1.90. The molecule has 0 N–H and O–H groups in total. The van der Waals surface area contributed by atoms with Crippen molar-refractivity contribution in [2.45, 2.75) is 26.7 Å². The quantitative estimate of drug-likeness (QED) is 0.731. The lowest BCUT2D eigenvalue weighted by molar-refractivity contribution is 0.586. The first-order valence-corrected chi connectivity index (χ1v) is 5.22. The molecule has 0 bridgehead atoms. The number of rotatable bonds is 3. The van der Waals surface area contributed by atoms with E-state index in [1.165, 1.54) is 22.9 Å². The molecule has 0 nitrogen and oxygen atoms in total. The van der Waals surface area contributed by atoms with E-state index in [1.54, 1.807) is 0 Å². The Hall–Kier alpha value is -0.300. The molecule has 0 aliphatic heterocycles. The number of hydrogen-bond acceptors (Lipinski definition) is 0. The lowest BCUT2D eigenvalue weighted by Crippen LogP contribution is -1.91. The van der Waals surface area contributed by atoms with Crippen LogP contribution in [0.1, 0.15) is 25.8 Å². The van der Waals surface area contributed by atoms with Crippen LogP contribution in [0, 0.1) is 5.92 Å². The molecule has 0 aromatic heterocycles. The van der Waals surface area contributed by atoms with Crippen molar-refractivity contribution in [3.05, 3.63) is 34.3 Å². The predicted octanol–water partition coefficient (Wildman–Crippen LogP) is 4.04. The molecule has 1 rings (SSSR count). The summed E-state index contributed by atoms with van der Waals surface area (Å²) in [5.41, 5.74) is 1.43. The summed E-state index contributed by atoms with van der Waals surface area (Å²) in [5, 5.41) is 0. The highest BCUT2D eigenvalue weighted by atomic mass is 79.9. The Kier molecular flexibility index (Phi) is 3.80. The first-order valence-electron chi connectivity index (χ1n) is 4.43. The van der Waals surface area contributed by atoms with E-state index in [0.717, 1.165) is 5.92 Å². The first kappa shape index (κ1) is 9.79. The molecule has 0 heterocycles. The number of benzene rings is 1. The third kappa shape index (κ3) is 3.40. The van der Waals surface area contributed by atoms with E-state index in [2.05, 4.69) is 54.0 Å². The maximum absolute atomic E-state index is 3.47. The molecule has 0 saturated heterocycles. The minimum absolute atomic E-state index is 0.795. The van der Waals surface area contributed by atoms with Gasteiger partial charge in [-0.25, -0.2) is 0 Å². The molecule has 0 aliphatic carbocycles. The number of halogens is 1. The highest BCUT2D eigenvalue weighted by Gasteiger charge is 1.96. The van der Waals surface area contributed by atoms with Crippen molar-refractivity contribution >= 4 is 15.9 Å². The normalized spacial score (nSPS) is 10.7. The Labute approximate surface area is 83.1 Å². The fourth-order valence-corrected chi connectivity index (χ4v) is 1.59. The van der Waals surface area contributed by atoms with Gasteiger partial charge in [0, 0.05) is 4.47 Å². The Balaban J connectivity index is 2.52. The summed E-state index contributed by atoms with van der Waals surface area (Å²) in [4.78, 5) is 0. The molecule has 0 fully saturated rings. The van der Waals surface area contributed by atoms with Crippen LogP contribution in [0.15, 0.2) is 28.7 Å². The Bertz CT molecular complexity index is 241. The monoisotopic (exact) mass is 226 g/mol. The summed E-state index contributed by atoms with van der Waals surface area (Å²) in [6, 6.07) is 8.55. The van der Waals surface area contributed by atoms with Gasteiger partial charge in [-0.3, -0.25) is 0 Å². The summed E-state index contributed by atoms with van der Waals surface area (Å²) < 4.78 is 1.18. The van der Waals surface area contributed by atoms with Gasteiger partial charge in [0.25, 0.3) is 0 Å². The van der Waals surface area contributed by atoms with E-state index in [0.29, 0.717) is 0 Å². The van der Waals surface area contributed by atoms with Crippen molar-refractivity contribution in [3.8, 4) is 0 Å². The third-order valence-corrected chi connectivity index (χ3v) is 2.39. The molecule has 0 unspecified atom stereocenters. The van der Waals surface area contributed by atoms with E-state index in [1.807, 2.05) is 0 Å². The molecule has 1 heteroatoms. The second-order valence-electron chi connectivity index (χ2n) is 3.56. The smallest absolute Gasteiger partial charge is 0.0177 e. The van der Waals surface area contributed by atoms with Gasteiger partial charge in [-0.05, 0) is 36.5 Å². The van der Waals surface area contributed by atoms with Gasteiger partial charge in [-0.2, -0.15) is 0 Å². The van der Waals surface area contributed by atoms with Gasteiger partial charge < -0.3 is 0 Å². The van der Waals surface area contributed by atoms with Crippen LogP contribution in [0.5, 0.6) is 0 Å². The number of aryl methyl sites for hydroxylation is 1. The number of hydrogen-bond donors (Lipinski definition) is 0. The lowest BCUT2D eigenvalue weighted by atomic mass is 10.0. The summed E-state index contributed by atoms with van der Waals surface area (Å²) in [7, 11) is 0. The van der Waals surface area contributed by atoms with Crippen molar-refractivity contribution < 1.29 is 0 Å². The van der Waals surface area contributed by atoms with E-state index >= 15 is 0 Å². The molecular formula is C11H15Br. The van der Waals surface area contributed by atoms with E-state index in [-0.39, 0.29) is 0 Å². The van der Waals surface area contributed by atoms with Gasteiger partial charge in [0.1, 0.15) is 0 Å². The van der Waals surface area contributed by atoms with Gasteiger partial charge in [0.2, 0.25) is 0 Å². The zero-order valence-corrected chi connectivity index (χ0v) is 9.26. The van der Waals surface area contributed by atoms with E-state index < -0.39 is 0 Å².